The molecule has 2 aromatic rings. The number of aryl methyl sites for hydroxylation is 1. The van der Waals surface area contributed by atoms with Crippen molar-refractivity contribution in [1.29, 1.82) is 0 Å². The summed E-state index contributed by atoms with van der Waals surface area (Å²) in [6, 6.07) is 4.01. The summed E-state index contributed by atoms with van der Waals surface area (Å²) in [5.41, 5.74) is 2.11. The molecular formula is C13H13BrN2O3. The van der Waals surface area contributed by atoms with Gasteiger partial charge in [-0.1, -0.05) is 22.9 Å². The van der Waals surface area contributed by atoms with E-state index in [4.69, 9.17) is 9.15 Å². The monoisotopic (exact) mass is 324 g/mol. The fourth-order valence-electron chi connectivity index (χ4n) is 2.22. The maximum Gasteiger partial charge on any atom is 0.437 e. The third-order valence-corrected chi connectivity index (χ3v) is 3.55. The van der Waals surface area contributed by atoms with Gasteiger partial charge in [-0.25, -0.2) is 4.79 Å². The molecule has 2 heterocycles. The average molecular weight is 325 g/mol. The number of hydrogen-bond donors (Lipinski definition) is 0. The molecule has 1 aliphatic rings. The van der Waals surface area contributed by atoms with Crippen LogP contribution in [0.1, 0.15) is 23.9 Å². The molecule has 0 N–H and O–H groups in total. The van der Waals surface area contributed by atoms with Crippen LogP contribution < -0.4 is 10.5 Å². The molecule has 0 saturated carbocycles. The van der Waals surface area contributed by atoms with Gasteiger partial charge in [0, 0.05) is 22.9 Å². The minimum absolute atomic E-state index is 0.365. The summed E-state index contributed by atoms with van der Waals surface area (Å²) in [4.78, 5) is 11.7. The van der Waals surface area contributed by atoms with Crippen molar-refractivity contribution in [3.63, 3.8) is 0 Å². The van der Waals surface area contributed by atoms with Gasteiger partial charge < -0.3 is 9.15 Å². The number of hydrogen-bond acceptors (Lipinski definition) is 4. The van der Waals surface area contributed by atoms with E-state index in [0.717, 1.165) is 27.8 Å². The predicted octanol–water partition coefficient (Wildman–Crippen LogP) is 2.14. The summed E-state index contributed by atoms with van der Waals surface area (Å²) in [5, 5.41) is 4.15. The van der Waals surface area contributed by atoms with Gasteiger partial charge in [0.15, 0.2) is 0 Å². The number of halogens is 1. The van der Waals surface area contributed by atoms with Crippen LogP contribution in [0.3, 0.4) is 0 Å². The van der Waals surface area contributed by atoms with E-state index in [1.165, 1.54) is 4.68 Å². The highest BCUT2D eigenvalue weighted by atomic mass is 79.9. The standard InChI is InChI=1S/C13H13BrN2O3/c1-2-11-15-16(13(17)19-11)7-9-6-10(14)5-8-3-4-18-12(8)9/h5-6H,2-4,7H2,1H3. The molecule has 19 heavy (non-hydrogen) atoms. The molecule has 0 radical (unpaired) electrons. The summed E-state index contributed by atoms with van der Waals surface area (Å²) in [5.74, 6) is 0.900. The van der Waals surface area contributed by atoms with Crippen molar-refractivity contribution < 1.29 is 9.15 Å². The minimum atomic E-state index is -0.427. The van der Waals surface area contributed by atoms with E-state index >= 15 is 0 Å². The van der Waals surface area contributed by atoms with Crippen LogP contribution >= 0.6 is 15.9 Å². The number of fused-ring (bicyclic) bond motifs is 1. The van der Waals surface area contributed by atoms with Crippen molar-refractivity contribution >= 4 is 15.9 Å². The van der Waals surface area contributed by atoms with Crippen molar-refractivity contribution in [1.82, 2.24) is 9.78 Å². The fraction of sp³-hybridized carbons (Fsp3) is 0.385. The Kier molecular flexibility index (Phi) is 3.18. The van der Waals surface area contributed by atoms with Crippen LogP contribution in [0, 0.1) is 0 Å². The van der Waals surface area contributed by atoms with Gasteiger partial charge in [0.2, 0.25) is 5.89 Å². The molecule has 0 spiro atoms. The maximum absolute atomic E-state index is 11.7. The molecule has 0 atom stereocenters. The Hall–Kier alpha value is -1.56. The Balaban J connectivity index is 1.99. The molecule has 0 bridgehead atoms. The second kappa shape index (κ2) is 4.85. The zero-order chi connectivity index (χ0) is 13.4. The van der Waals surface area contributed by atoms with E-state index in [0.29, 0.717) is 25.5 Å². The largest absolute Gasteiger partial charge is 0.493 e. The van der Waals surface area contributed by atoms with Gasteiger partial charge in [-0.2, -0.15) is 4.68 Å². The highest BCUT2D eigenvalue weighted by Crippen LogP contribution is 2.33. The predicted molar refractivity (Wildman–Crippen MR) is 72.6 cm³/mol. The zero-order valence-electron chi connectivity index (χ0n) is 10.5. The van der Waals surface area contributed by atoms with E-state index < -0.39 is 5.76 Å². The Morgan fingerprint density at radius 1 is 1.47 bits per heavy atom. The van der Waals surface area contributed by atoms with Crippen LogP contribution in [0.15, 0.2) is 25.8 Å². The molecule has 6 heteroatoms. The molecule has 100 valence electrons. The van der Waals surface area contributed by atoms with Crippen molar-refractivity contribution in [3.05, 3.63) is 44.2 Å². The maximum atomic E-state index is 11.7. The van der Waals surface area contributed by atoms with Crippen molar-refractivity contribution in [2.24, 2.45) is 0 Å². The summed E-state index contributed by atoms with van der Waals surface area (Å²) in [6.45, 7) is 2.95. The Morgan fingerprint density at radius 2 is 2.32 bits per heavy atom. The van der Waals surface area contributed by atoms with Gasteiger partial charge in [0.05, 0.1) is 13.2 Å². The number of rotatable bonds is 3. The zero-order valence-corrected chi connectivity index (χ0v) is 12.1. The third kappa shape index (κ3) is 2.32. The number of benzene rings is 1. The van der Waals surface area contributed by atoms with Crippen molar-refractivity contribution in [2.75, 3.05) is 6.61 Å². The molecule has 0 fully saturated rings. The molecule has 1 aliphatic heterocycles. The first-order valence-electron chi connectivity index (χ1n) is 6.18. The van der Waals surface area contributed by atoms with E-state index in [1.54, 1.807) is 0 Å². The summed E-state index contributed by atoms with van der Waals surface area (Å²) >= 11 is 3.48. The van der Waals surface area contributed by atoms with Crippen LogP contribution in [0.4, 0.5) is 0 Å². The lowest BCUT2D eigenvalue weighted by Gasteiger charge is -2.08. The first kappa shape index (κ1) is 12.5. The molecule has 5 nitrogen and oxygen atoms in total. The smallest absolute Gasteiger partial charge is 0.437 e. The van der Waals surface area contributed by atoms with Gasteiger partial charge in [0.1, 0.15) is 5.75 Å². The van der Waals surface area contributed by atoms with Gasteiger partial charge in [-0.3, -0.25) is 0 Å². The van der Waals surface area contributed by atoms with Gasteiger partial charge >= 0.3 is 5.76 Å². The van der Waals surface area contributed by atoms with E-state index in [2.05, 4.69) is 27.1 Å². The molecule has 1 aromatic heterocycles. The quantitative estimate of drug-likeness (QED) is 0.868. The summed E-state index contributed by atoms with van der Waals surface area (Å²) in [6.07, 6.45) is 1.50. The van der Waals surface area contributed by atoms with Crippen molar-refractivity contribution in [3.8, 4) is 5.75 Å². The number of aromatic nitrogens is 2. The highest BCUT2D eigenvalue weighted by molar-refractivity contribution is 9.10. The lowest BCUT2D eigenvalue weighted by Crippen LogP contribution is -2.17. The molecular weight excluding hydrogens is 312 g/mol. The van der Waals surface area contributed by atoms with Crippen LogP contribution in [-0.4, -0.2) is 16.4 Å². The van der Waals surface area contributed by atoms with Crippen molar-refractivity contribution in [2.45, 2.75) is 26.3 Å². The minimum Gasteiger partial charge on any atom is -0.493 e. The van der Waals surface area contributed by atoms with Gasteiger partial charge in [-0.15, -0.1) is 5.10 Å². The second-order valence-electron chi connectivity index (χ2n) is 4.42. The summed E-state index contributed by atoms with van der Waals surface area (Å²) in [7, 11) is 0. The van der Waals surface area contributed by atoms with Gasteiger partial charge in [0.25, 0.3) is 0 Å². The Morgan fingerprint density at radius 3 is 3.05 bits per heavy atom. The topological polar surface area (TPSA) is 57.3 Å². The van der Waals surface area contributed by atoms with Crippen LogP contribution in [-0.2, 0) is 19.4 Å². The van der Waals surface area contributed by atoms with Crippen LogP contribution in [0.25, 0.3) is 0 Å². The average Bonchev–Trinajstić information content (AvgIpc) is 2.96. The molecule has 0 unspecified atom stereocenters. The molecule has 1 aromatic carbocycles. The van der Waals surface area contributed by atoms with Crippen LogP contribution in [0.2, 0.25) is 0 Å². The van der Waals surface area contributed by atoms with E-state index in [1.807, 2.05) is 13.0 Å². The van der Waals surface area contributed by atoms with E-state index in [-0.39, 0.29) is 0 Å². The van der Waals surface area contributed by atoms with E-state index in [9.17, 15) is 4.79 Å². The summed E-state index contributed by atoms with van der Waals surface area (Å²) < 4.78 is 13.0. The molecule has 0 saturated heterocycles. The number of nitrogens with zero attached hydrogens (tertiary/aromatic N) is 2. The Bertz CT molecular complexity index is 675. The normalized spacial score (nSPS) is 13.4. The first-order chi connectivity index (χ1) is 9.17. The molecule has 0 amide bonds. The lowest BCUT2D eigenvalue weighted by molar-refractivity contribution is 0.351. The van der Waals surface area contributed by atoms with Crippen LogP contribution in [0.5, 0.6) is 5.75 Å². The SMILES string of the molecule is CCc1nn(Cc2cc(Br)cc3c2OCC3)c(=O)o1. The second-order valence-corrected chi connectivity index (χ2v) is 5.34. The molecule has 3 rings (SSSR count). The van der Waals surface area contributed by atoms with Gasteiger partial charge in [-0.05, 0) is 17.7 Å². The first-order valence-corrected chi connectivity index (χ1v) is 6.97. The fourth-order valence-corrected chi connectivity index (χ4v) is 2.77. The highest BCUT2D eigenvalue weighted by Gasteiger charge is 2.19. The lowest BCUT2D eigenvalue weighted by atomic mass is 10.1. The third-order valence-electron chi connectivity index (χ3n) is 3.10. The Labute approximate surface area is 118 Å². The molecule has 0 aliphatic carbocycles. The number of ether oxygens (including phenoxy) is 1.